The number of benzene rings is 1. The molecule has 3 heterocycles. The highest BCUT2D eigenvalue weighted by molar-refractivity contribution is 7.09. The van der Waals surface area contributed by atoms with E-state index in [4.69, 9.17) is 9.39 Å². The number of methoxy groups -OCH3 is 1. The van der Waals surface area contributed by atoms with Crippen LogP contribution in [0.25, 0.3) is 6.08 Å². The Balaban J connectivity index is 1.40. The van der Waals surface area contributed by atoms with Crippen molar-refractivity contribution in [1.29, 1.82) is 0 Å². The highest BCUT2D eigenvalue weighted by Crippen LogP contribution is 2.51. The first-order valence-electron chi connectivity index (χ1n) is 12.7. The normalized spacial score (nSPS) is 26.1. The molecule has 1 aliphatic carbocycles. The van der Waals surface area contributed by atoms with Gasteiger partial charge >= 0.3 is 7.12 Å². The molecule has 2 fully saturated rings. The SMILES string of the molecule is COCC1=C2[C@@H](CC/C(C)=C/c3ccccc3O)OB(O)C[C@@H]2[C@@H]2C(=O)N(Cc3cccs3)C(=O)[C@@H]2C1. The summed E-state index contributed by atoms with van der Waals surface area (Å²) >= 11 is 1.53. The number of phenolic OH excluding ortho intramolecular Hbond substituents is 1. The molecule has 37 heavy (non-hydrogen) atoms. The lowest BCUT2D eigenvalue weighted by Crippen LogP contribution is -2.46. The minimum atomic E-state index is -1.00. The van der Waals surface area contributed by atoms with E-state index < -0.39 is 19.0 Å². The van der Waals surface area contributed by atoms with Gasteiger partial charge in [-0.1, -0.05) is 35.9 Å². The first kappa shape index (κ1) is 25.9. The van der Waals surface area contributed by atoms with Gasteiger partial charge < -0.3 is 19.5 Å². The largest absolute Gasteiger partial charge is 0.507 e. The Morgan fingerprint density at radius 2 is 2.03 bits per heavy atom. The summed E-state index contributed by atoms with van der Waals surface area (Å²) in [5, 5.41) is 22.7. The van der Waals surface area contributed by atoms with Crippen LogP contribution in [-0.4, -0.2) is 53.8 Å². The number of allylic oxidation sites excluding steroid dienone is 1. The number of rotatable bonds is 8. The number of hydrogen-bond acceptors (Lipinski definition) is 7. The number of carbonyl (C=O) groups excluding carboxylic acids is 2. The van der Waals surface area contributed by atoms with Crippen LogP contribution in [0.4, 0.5) is 0 Å². The van der Waals surface area contributed by atoms with E-state index in [0.29, 0.717) is 38.7 Å². The van der Waals surface area contributed by atoms with Crippen LogP contribution in [-0.2, 0) is 25.5 Å². The standard InChI is InChI=1S/C28H32BNO6S/c1-17(12-18-6-3-4-8-23(18)31)9-10-24-25-19(16-35-2)13-21-26(22(25)14-29(34)36-24)28(33)30(27(21)32)15-20-7-5-11-37-20/h3-8,11-12,21-22,24,26,31,34H,9-10,13-16H2,1-2H3/b17-12+/t21-,22+,24-,26-/m1/s1. The Morgan fingerprint density at radius 1 is 1.22 bits per heavy atom. The molecular weight excluding hydrogens is 489 g/mol. The van der Waals surface area contributed by atoms with E-state index in [9.17, 15) is 19.7 Å². The van der Waals surface area contributed by atoms with E-state index in [-0.39, 0.29) is 29.6 Å². The first-order chi connectivity index (χ1) is 17.9. The van der Waals surface area contributed by atoms with E-state index in [2.05, 4.69) is 0 Å². The number of nitrogens with zero attached hydrogens (tertiary/aromatic N) is 1. The molecule has 9 heteroatoms. The number of amides is 2. The number of aromatic hydroxyl groups is 1. The van der Waals surface area contributed by atoms with Crippen molar-refractivity contribution >= 4 is 36.3 Å². The molecule has 2 amide bonds. The molecular formula is C28H32BNO6S. The number of para-hydroxylation sites is 1. The number of ether oxygens (including phenoxy) is 1. The van der Waals surface area contributed by atoms with Gasteiger partial charge in [0.25, 0.3) is 0 Å². The molecule has 3 aliphatic rings. The van der Waals surface area contributed by atoms with Crippen molar-refractivity contribution in [3.05, 3.63) is 68.9 Å². The summed E-state index contributed by atoms with van der Waals surface area (Å²) in [4.78, 5) is 29.4. The minimum absolute atomic E-state index is 0.130. The number of likely N-dealkylation sites (tertiary alicyclic amines) is 1. The summed E-state index contributed by atoms with van der Waals surface area (Å²) in [6.45, 7) is 2.67. The quantitative estimate of drug-likeness (QED) is 0.306. The molecule has 1 aromatic carbocycles. The van der Waals surface area contributed by atoms with Gasteiger partial charge in [-0.3, -0.25) is 14.5 Å². The van der Waals surface area contributed by atoms with E-state index in [0.717, 1.165) is 27.2 Å². The van der Waals surface area contributed by atoms with Gasteiger partial charge in [0, 0.05) is 17.6 Å². The van der Waals surface area contributed by atoms with E-state index in [1.807, 2.05) is 42.6 Å². The molecule has 2 aliphatic heterocycles. The summed E-state index contributed by atoms with van der Waals surface area (Å²) in [6, 6.07) is 11.0. The predicted octanol–water partition coefficient (Wildman–Crippen LogP) is 4.28. The van der Waals surface area contributed by atoms with Crippen LogP contribution < -0.4 is 0 Å². The van der Waals surface area contributed by atoms with Crippen molar-refractivity contribution < 1.29 is 29.1 Å². The molecule has 1 aromatic heterocycles. The average molecular weight is 521 g/mol. The maximum Gasteiger partial charge on any atom is 0.455 e. The molecule has 0 unspecified atom stereocenters. The van der Waals surface area contributed by atoms with Crippen LogP contribution in [0.3, 0.4) is 0 Å². The van der Waals surface area contributed by atoms with Crippen LogP contribution in [0.15, 0.2) is 58.5 Å². The highest BCUT2D eigenvalue weighted by Gasteiger charge is 2.57. The topological polar surface area (TPSA) is 96.3 Å². The van der Waals surface area contributed by atoms with Gasteiger partial charge in [-0.05, 0) is 67.1 Å². The molecule has 2 N–H and O–H groups in total. The van der Waals surface area contributed by atoms with Crippen LogP contribution in [0.2, 0.25) is 6.32 Å². The molecule has 0 bridgehead atoms. The van der Waals surface area contributed by atoms with Crippen LogP contribution >= 0.6 is 11.3 Å². The lowest BCUT2D eigenvalue weighted by atomic mass is 9.58. The lowest BCUT2D eigenvalue weighted by molar-refractivity contribution is -0.140. The Morgan fingerprint density at radius 3 is 2.76 bits per heavy atom. The summed E-state index contributed by atoms with van der Waals surface area (Å²) < 4.78 is 11.6. The maximum atomic E-state index is 13.6. The molecule has 7 nitrogen and oxygen atoms in total. The molecule has 0 saturated carbocycles. The van der Waals surface area contributed by atoms with Crippen molar-refractivity contribution in [3.8, 4) is 5.75 Å². The van der Waals surface area contributed by atoms with Gasteiger partial charge in [0.1, 0.15) is 5.75 Å². The maximum absolute atomic E-state index is 13.6. The highest BCUT2D eigenvalue weighted by atomic mass is 32.1. The van der Waals surface area contributed by atoms with Crippen LogP contribution in [0.5, 0.6) is 5.75 Å². The fourth-order valence-electron chi connectivity index (χ4n) is 6.16. The summed E-state index contributed by atoms with van der Waals surface area (Å²) in [5.41, 5.74) is 3.84. The number of thiophene rings is 1. The first-order valence-corrected chi connectivity index (χ1v) is 13.6. The summed E-state index contributed by atoms with van der Waals surface area (Å²) in [7, 11) is 0.629. The average Bonchev–Trinajstić information content (AvgIpc) is 3.47. The third-order valence-electron chi connectivity index (χ3n) is 7.75. The molecule has 194 valence electrons. The molecule has 2 saturated heterocycles. The number of phenols is 1. The van der Waals surface area contributed by atoms with Gasteiger partial charge in [-0.2, -0.15) is 0 Å². The Kier molecular flexibility index (Phi) is 7.67. The van der Waals surface area contributed by atoms with Crippen molar-refractivity contribution in [2.75, 3.05) is 13.7 Å². The van der Waals surface area contributed by atoms with Gasteiger partial charge in [-0.15, -0.1) is 11.3 Å². The van der Waals surface area contributed by atoms with E-state index >= 15 is 0 Å². The second-order valence-electron chi connectivity index (χ2n) is 10.2. The van der Waals surface area contributed by atoms with Gasteiger partial charge in [-0.25, -0.2) is 0 Å². The predicted molar refractivity (Wildman–Crippen MR) is 143 cm³/mol. The van der Waals surface area contributed by atoms with Crippen LogP contribution in [0.1, 0.15) is 36.6 Å². The van der Waals surface area contributed by atoms with E-state index in [1.165, 1.54) is 16.2 Å². The second-order valence-corrected chi connectivity index (χ2v) is 11.2. The fourth-order valence-corrected chi connectivity index (χ4v) is 6.85. The molecule has 5 rings (SSSR count). The second kappa shape index (κ2) is 11.0. The van der Waals surface area contributed by atoms with Crippen molar-refractivity contribution in [2.45, 2.75) is 45.2 Å². The van der Waals surface area contributed by atoms with Gasteiger partial charge in [0.05, 0.1) is 31.1 Å². The minimum Gasteiger partial charge on any atom is -0.507 e. The van der Waals surface area contributed by atoms with Gasteiger partial charge in [0.15, 0.2) is 0 Å². The third-order valence-corrected chi connectivity index (χ3v) is 8.61. The number of carbonyl (C=O) groups is 2. The number of hydrogen-bond donors (Lipinski definition) is 2. The smallest absolute Gasteiger partial charge is 0.455 e. The Bertz CT molecular complexity index is 1230. The van der Waals surface area contributed by atoms with Gasteiger partial charge in [0.2, 0.25) is 11.8 Å². The third kappa shape index (κ3) is 5.18. The van der Waals surface area contributed by atoms with Crippen LogP contribution in [0, 0.1) is 17.8 Å². The Hall–Kier alpha value is -2.72. The Labute approximate surface area is 221 Å². The molecule has 2 aromatic rings. The monoisotopic (exact) mass is 521 g/mol. The summed E-state index contributed by atoms with van der Waals surface area (Å²) in [5.74, 6) is -1.22. The van der Waals surface area contributed by atoms with Crippen molar-refractivity contribution in [3.63, 3.8) is 0 Å². The zero-order valence-corrected chi connectivity index (χ0v) is 21.9. The van der Waals surface area contributed by atoms with Crippen molar-refractivity contribution in [2.24, 2.45) is 17.8 Å². The fraction of sp³-hybridized carbons (Fsp3) is 0.429. The lowest BCUT2D eigenvalue weighted by Gasteiger charge is -2.43. The number of fused-ring (bicyclic) bond motifs is 3. The van der Waals surface area contributed by atoms with E-state index in [1.54, 1.807) is 19.2 Å². The zero-order chi connectivity index (χ0) is 26.1. The molecule has 0 radical (unpaired) electrons. The zero-order valence-electron chi connectivity index (χ0n) is 21.1. The number of imide groups is 1. The molecule has 0 spiro atoms. The summed E-state index contributed by atoms with van der Waals surface area (Å²) in [6.07, 6.45) is 3.65. The van der Waals surface area contributed by atoms with Crippen molar-refractivity contribution in [1.82, 2.24) is 4.90 Å². The molecule has 4 atom stereocenters.